The third-order valence-electron chi connectivity index (χ3n) is 3.18. The molecule has 2 rings (SSSR count). The molecule has 2 atom stereocenters. The number of rotatable bonds is 3. The summed E-state index contributed by atoms with van der Waals surface area (Å²) in [6.45, 7) is 2.19. The Labute approximate surface area is 84.9 Å². The van der Waals surface area contributed by atoms with Crippen molar-refractivity contribution >= 4 is 0 Å². The smallest absolute Gasteiger partial charge is 0.107 e. The lowest BCUT2D eigenvalue weighted by Crippen LogP contribution is -2.24. The van der Waals surface area contributed by atoms with Crippen LogP contribution in [0.1, 0.15) is 49.8 Å². The molecule has 1 aliphatic carbocycles. The lowest BCUT2D eigenvalue weighted by atomic mass is 9.82. The molecule has 1 aromatic heterocycles. The Morgan fingerprint density at radius 3 is 3.21 bits per heavy atom. The molecule has 0 aromatic carbocycles. The first-order chi connectivity index (χ1) is 6.83. The highest BCUT2D eigenvalue weighted by Crippen LogP contribution is 2.35. The average molecular weight is 194 g/mol. The number of aliphatic hydroxyl groups is 1. The number of hydrogen-bond acceptors (Lipinski definition) is 2. The highest BCUT2D eigenvalue weighted by atomic mass is 16.3. The van der Waals surface area contributed by atoms with Gasteiger partial charge < -0.3 is 9.52 Å². The Morgan fingerprint density at radius 1 is 1.57 bits per heavy atom. The van der Waals surface area contributed by atoms with E-state index in [0.29, 0.717) is 5.92 Å². The maximum atomic E-state index is 9.92. The van der Waals surface area contributed by atoms with E-state index in [-0.39, 0.29) is 6.10 Å². The molecule has 0 aliphatic heterocycles. The van der Waals surface area contributed by atoms with E-state index in [4.69, 9.17) is 4.42 Å². The van der Waals surface area contributed by atoms with Gasteiger partial charge in [-0.2, -0.15) is 0 Å². The fourth-order valence-corrected chi connectivity index (χ4v) is 2.34. The van der Waals surface area contributed by atoms with Crippen molar-refractivity contribution in [2.75, 3.05) is 0 Å². The third kappa shape index (κ3) is 1.71. The number of fused-ring (bicyclic) bond motifs is 1. The molecule has 78 valence electrons. The molecular formula is C12H18O2. The first-order valence-electron chi connectivity index (χ1n) is 5.57. The van der Waals surface area contributed by atoms with Crippen LogP contribution in [0.3, 0.4) is 0 Å². The molecule has 0 unspecified atom stereocenters. The SMILES string of the molecule is CCCC[C@@H]1c2ccoc2CC[C@H]1O. The summed E-state index contributed by atoms with van der Waals surface area (Å²) in [6, 6.07) is 2.03. The number of hydrogen-bond donors (Lipinski definition) is 1. The molecule has 0 bridgehead atoms. The highest BCUT2D eigenvalue weighted by Gasteiger charge is 2.29. The van der Waals surface area contributed by atoms with Crippen molar-refractivity contribution in [3.63, 3.8) is 0 Å². The van der Waals surface area contributed by atoms with E-state index in [1.807, 2.05) is 6.07 Å². The minimum absolute atomic E-state index is 0.161. The Balaban J connectivity index is 2.14. The van der Waals surface area contributed by atoms with Crippen LogP contribution in [-0.4, -0.2) is 11.2 Å². The summed E-state index contributed by atoms with van der Waals surface area (Å²) in [5, 5.41) is 9.92. The van der Waals surface area contributed by atoms with Gasteiger partial charge in [0.1, 0.15) is 5.76 Å². The predicted octanol–water partition coefficient (Wildman–Crippen LogP) is 2.86. The molecule has 14 heavy (non-hydrogen) atoms. The van der Waals surface area contributed by atoms with E-state index < -0.39 is 0 Å². The maximum Gasteiger partial charge on any atom is 0.107 e. The van der Waals surface area contributed by atoms with E-state index in [0.717, 1.165) is 25.0 Å². The van der Waals surface area contributed by atoms with Crippen molar-refractivity contribution in [2.45, 2.75) is 51.0 Å². The van der Waals surface area contributed by atoms with Crippen LogP contribution in [0.2, 0.25) is 0 Å². The molecule has 0 saturated carbocycles. The summed E-state index contributed by atoms with van der Waals surface area (Å²) in [5.41, 5.74) is 1.25. The lowest BCUT2D eigenvalue weighted by molar-refractivity contribution is 0.116. The monoisotopic (exact) mass is 194 g/mol. The maximum absolute atomic E-state index is 9.92. The van der Waals surface area contributed by atoms with Gasteiger partial charge in [-0.1, -0.05) is 19.8 Å². The van der Waals surface area contributed by atoms with Gasteiger partial charge in [-0.05, 0) is 24.5 Å². The minimum Gasteiger partial charge on any atom is -0.469 e. The highest BCUT2D eigenvalue weighted by molar-refractivity contribution is 5.26. The van der Waals surface area contributed by atoms with Crippen LogP contribution in [0.25, 0.3) is 0 Å². The van der Waals surface area contributed by atoms with E-state index in [1.165, 1.54) is 18.4 Å². The van der Waals surface area contributed by atoms with Crippen molar-refractivity contribution < 1.29 is 9.52 Å². The fourth-order valence-electron chi connectivity index (χ4n) is 2.34. The standard InChI is InChI=1S/C12H18O2/c1-2-3-4-9-10-7-8-14-12(10)6-5-11(9)13/h7-9,11,13H,2-6H2,1H3/t9-,11-/m1/s1. The minimum atomic E-state index is -0.161. The summed E-state index contributed by atoms with van der Waals surface area (Å²) < 4.78 is 5.40. The Morgan fingerprint density at radius 2 is 2.43 bits per heavy atom. The van der Waals surface area contributed by atoms with Crippen molar-refractivity contribution in [1.29, 1.82) is 0 Å². The van der Waals surface area contributed by atoms with E-state index in [9.17, 15) is 5.11 Å². The van der Waals surface area contributed by atoms with Crippen LogP contribution in [-0.2, 0) is 6.42 Å². The lowest BCUT2D eigenvalue weighted by Gasteiger charge is -2.27. The molecular weight excluding hydrogens is 176 g/mol. The summed E-state index contributed by atoms with van der Waals surface area (Å²) in [7, 11) is 0. The van der Waals surface area contributed by atoms with Crippen molar-refractivity contribution in [3.05, 3.63) is 23.7 Å². The molecule has 2 nitrogen and oxygen atoms in total. The van der Waals surface area contributed by atoms with Gasteiger partial charge in [0.05, 0.1) is 12.4 Å². The number of furan rings is 1. The Kier molecular flexibility index (Phi) is 2.92. The van der Waals surface area contributed by atoms with Gasteiger partial charge in [0.25, 0.3) is 0 Å². The van der Waals surface area contributed by atoms with Crippen LogP contribution in [0.5, 0.6) is 0 Å². The van der Waals surface area contributed by atoms with Gasteiger partial charge in [0.2, 0.25) is 0 Å². The molecule has 1 aromatic rings. The van der Waals surface area contributed by atoms with Crippen LogP contribution >= 0.6 is 0 Å². The first-order valence-corrected chi connectivity index (χ1v) is 5.57. The van der Waals surface area contributed by atoms with Crippen LogP contribution < -0.4 is 0 Å². The zero-order valence-electron chi connectivity index (χ0n) is 8.70. The zero-order valence-corrected chi connectivity index (χ0v) is 8.70. The molecule has 0 amide bonds. The Bertz CT molecular complexity index is 290. The molecule has 1 N–H and O–H groups in total. The quantitative estimate of drug-likeness (QED) is 0.802. The van der Waals surface area contributed by atoms with Gasteiger partial charge in [-0.3, -0.25) is 0 Å². The van der Waals surface area contributed by atoms with Crippen LogP contribution in [0.4, 0.5) is 0 Å². The molecule has 0 saturated heterocycles. The zero-order chi connectivity index (χ0) is 9.97. The van der Waals surface area contributed by atoms with Gasteiger partial charge in [0, 0.05) is 12.3 Å². The molecule has 0 radical (unpaired) electrons. The number of unbranched alkanes of at least 4 members (excludes halogenated alkanes) is 1. The van der Waals surface area contributed by atoms with Gasteiger partial charge in [-0.15, -0.1) is 0 Å². The summed E-state index contributed by atoms with van der Waals surface area (Å²) >= 11 is 0. The third-order valence-corrected chi connectivity index (χ3v) is 3.18. The van der Waals surface area contributed by atoms with Gasteiger partial charge in [0.15, 0.2) is 0 Å². The molecule has 2 heteroatoms. The summed E-state index contributed by atoms with van der Waals surface area (Å²) in [5.74, 6) is 1.41. The number of aliphatic hydroxyl groups excluding tert-OH is 1. The van der Waals surface area contributed by atoms with Gasteiger partial charge in [-0.25, -0.2) is 0 Å². The van der Waals surface area contributed by atoms with E-state index in [1.54, 1.807) is 6.26 Å². The summed E-state index contributed by atoms with van der Waals surface area (Å²) in [6.07, 6.45) is 6.81. The molecule has 0 fully saturated rings. The van der Waals surface area contributed by atoms with Gasteiger partial charge >= 0.3 is 0 Å². The fraction of sp³-hybridized carbons (Fsp3) is 0.667. The second-order valence-corrected chi connectivity index (χ2v) is 4.15. The van der Waals surface area contributed by atoms with E-state index in [2.05, 4.69) is 6.92 Å². The normalized spacial score (nSPS) is 26.1. The predicted molar refractivity (Wildman–Crippen MR) is 55.3 cm³/mol. The molecule has 1 heterocycles. The topological polar surface area (TPSA) is 33.4 Å². The van der Waals surface area contributed by atoms with Crippen LogP contribution in [0, 0.1) is 0 Å². The van der Waals surface area contributed by atoms with E-state index >= 15 is 0 Å². The van der Waals surface area contributed by atoms with Crippen molar-refractivity contribution in [3.8, 4) is 0 Å². The Hall–Kier alpha value is -0.760. The van der Waals surface area contributed by atoms with Crippen molar-refractivity contribution in [2.24, 2.45) is 0 Å². The summed E-state index contributed by atoms with van der Waals surface area (Å²) in [4.78, 5) is 0. The number of aryl methyl sites for hydroxylation is 1. The van der Waals surface area contributed by atoms with Crippen LogP contribution in [0.15, 0.2) is 16.7 Å². The first kappa shape index (κ1) is 9.78. The largest absolute Gasteiger partial charge is 0.469 e. The average Bonchev–Trinajstić information content (AvgIpc) is 2.64. The second kappa shape index (κ2) is 4.18. The molecule has 0 spiro atoms. The second-order valence-electron chi connectivity index (χ2n) is 4.15. The van der Waals surface area contributed by atoms with Crippen molar-refractivity contribution in [1.82, 2.24) is 0 Å². The molecule has 1 aliphatic rings.